The molecule has 1 N–H and O–H groups in total. The van der Waals surface area contributed by atoms with Gasteiger partial charge in [0, 0.05) is 12.5 Å². The van der Waals surface area contributed by atoms with Gasteiger partial charge < -0.3 is 4.74 Å². The van der Waals surface area contributed by atoms with E-state index in [1.54, 1.807) is 0 Å². The highest BCUT2D eigenvalue weighted by atomic mass is 16.5. The quantitative estimate of drug-likeness (QED) is 0.713. The maximum Gasteiger partial charge on any atom is 0.109 e. The van der Waals surface area contributed by atoms with Crippen LogP contribution in [0.5, 0.6) is 0 Å². The minimum Gasteiger partial charge on any atom is -0.381 e. The molecule has 1 rings (SSSR count). The zero-order chi connectivity index (χ0) is 9.73. The van der Waals surface area contributed by atoms with Gasteiger partial charge in [-0.1, -0.05) is 6.92 Å². The molecule has 1 aliphatic rings. The Bertz CT molecular complexity index is 194. The van der Waals surface area contributed by atoms with Crippen molar-refractivity contribution in [1.29, 1.82) is 5.26 Å². The van der Waals surface area contributed by atoms with Gasteiger partial charge in [-0.25, -0.2) is 0 Å². The molecule has 74 valence electrons. The van der Waals surface area contributed by atoms with Crippen LogP contribution in [0.4, 0.5) is 0 Å². The lowest BCUT2D eigenvalue weighted by Crippen LogP contribution is -2.48. The Kier molecular flexibility index (Phi) is 3.71. The summed E-state index contributed by atoms with van der Waals surface area (Å²) in [6, 6.07) is 2.36. The maximum absolute atomic E-state index is 9.10. The fourth-order valence-electron chi connectivity index (χ4n) is 1.65. The van der Waals surface area contributed by atoms with E-state index < -0.39 is 5.54 Å². The molecule has 0 bridgehead atoms. The summed E-state index contributed by atoms with van der Waals surface area (Å²) in [5.74, 6) is 0.351. The number of hydrogen-bond acceptors (Lipinski definition) is 3. The van der Waals surface area contributed by atoms with E-state index in [0.717, 1.165) is 32.6 Å². The van der Waals surface area contributed by atoms with E-state index in [-0.39, 0.29) is 0 Å². The molecule has 1 fully saturated rings. The smallest absolute Gasteiger partial charge is 0.109 e. The summed E-state index contributed by atoms with van der Waals surface area (Å²) >= 11 is 0. The van der Waals surface area contributed by atoms with Crippen molar-refractivity contribution in [2.45, 2.75) is 32.2 Å². The fourth-order valence-corrected chi connectivity index (χ4v) is 1.65. The molecule has 1 aliphatic heterocycles. The summed E-state index contributed by atoms with van der Waals surface area (Å²) in [6.45, 7) is 6.51. The van der Waals surface area contributed by atoms with E-state index in [1.165, 1.54) is 0 Å². The van der Waals surface area contributed by atoms with Gasteiger partial charge in [0.15, 0.2) is 0 Å². The molecule has 1 saturated heterocycles. The van der Waals surface area contributed by atoms with Crippen molar-refractivity contribution in [2.24, 2.45) is 5.92 Å². The van der Waals surface area contributed by atoms with Crippen LogP contribution in [-0.4, -0.2) is 25.3 Å². The van der Waals surface area contributed by atoms with Crippen LogP contribution in [0, 0.1) is 17.2 Å². The molecule has 0 amide bonds. The van der Waals surface area contributed by atoms with Crippen LogP contribution in [0.25, 0.3) is 0 Å². The van der Waals surface area contributed by atoms with Crippen LogP contribution in [0.3, 0.4) is 0 Å². The third-order valence-electron chi connectivity index (χ3n) is 2.72. The van der Waals surface area contributed by atoms with Gasteiger partial charge in [0.1, 0.15) is 5.54 Å². The van der Waals surface area contributed by atoms with Crippen LogP contribution in [0.1, 0.15) is 26.7 Å². The molecule has 0 aromatic heterocycles. The fraction of sp³-hybridized carbons (Fsp3) is 0.900. The van der Waals surface area contributed by atoms with Gasteiger partial charge >= 0.3 is 0 Å². The average Bonchev–Trinajstić information content (AvgIpc) is 2.67. The third-order valence-corrected chi connectivity index (χ3v) is 2.72. The predicted molar refractivity (Wildman–Crippen MR) is 51.2 cm³/mol. The number of rotatable bonds is 4. The van der Waals surface area contributed by atoms with Gasteiger partial charge in [-0.3, -0.25) is 5.32 Å². The second-order valence-electron chi connectivity index (χ2n) is 3.80. The summed E-state index contributed by atoms with van der Waals surface area (Å²) < 4.78 is 5.29. The van der Waals surface area contributed by atoms with E-state index in [1.807, 2.05) is 6.92 Å². The van der Waals surface area contributed by atoms with E-state index in [9.17, 15) is 0 Å². The molecule has 2 unspecified atom stereocenters. The maximum atomic E-state index is 9.10. The van der Waals surface area contributed by atoms with Gasteiger partial charge in [0.25, 0.3) is 0 Å². The summed E-state index contributed by atoms with van der Waals surface area (Å²) in [5, 5.41) is 12.4. The molecule has 3 heteroatoms. The van der Waals surface area contributed by atoms with Crippen molar-refractivity contribution in [3.05, 3.63) is 0 Å². The van der Waals surface area contributed by atoms with Crippen molar-refractivity contribution in [2.75, 3.05) is 19.8 Å². The van der Waals surface area contributed by atoms with E-state index >= 15 is 0 Å². The van der Waals surface area contributed by atoms with Crippen molar-refractivity contribution < 1.29 is 4.74 Å². The molecular weight excluding hydrogens is 164 g/mol. The van der Waals surface area contributed by atoms with Crippen LogP contribution in [0.15, 0.2) is 0 Å². The largest absolute Gasteiger partial charge is 0.381 e. The predicted octanol–water partition coefficient (Wildman–Crippen LogP) is 1.30. The molecular formula is C10H18N2O. The Hall–Kier alpha value is -0.590. The molecule has 0 aliphatic carbocycles. The summed E-state index contributed by atoms with van der Waals surface area (Å²) in [6.07, 6.45) is 2.06. The first-order valence-corrected chi connectivity index (χ1v) is 4.97. The number of nitrogens with zero attached hydrogens (tertiary/aromatic N) is 1. The van der Waals surface area contributed by atoms with E-state index in [2.05, 4.69) is 18.3 Å². The second kappa shape index (κ2) is 4.59. The van der Waals surface area contributed by atoms with Crippen LogP contribution in [-0.2, 0) is 4.74 Å². The number of hydrogen-bond donors (Lipinski definition) is 1. The summed E-state index contributed by atoms with van der Waals surface area (Å²) in [4.78, 5) is 0. The standard InChI is InChI=1S/C10H18N2O/c1-3-5-12-10(2,8-11)9-4-6-13-7-9/h9,12H,3-7H2,1-2H3. The molecule has 0 saturated carbocycles. The molecule has 1 heterocycles. The van der Waals surface area contributed by atoms with Crippen LogP contribution < -0.4 is 5.32 Å². The zero-order valence-electron chi connectivity index (χ0n) is 8.47. The Morgan fingerprint density at radius 2 is 2.46 bits per heavy atom. The first-order chi connectivity index (χ1) is 6.23. The molecule has 0 aromatic carbocycles. The van der Waals surface area contributed by atoms with Crippen molar-refractivity contribution in [3.8, 4) is 6.07 Å². The molecule has 0 radical (unpaired) electrons. The van der Waals surface area contributed by atoms with Gasteiger partial charge in [-0.2, -0.15) is 5.26 Å². The highest BCUT2D eigenvalue weighted by molar-refractivity contribution is 5.08. The molecule has 0 spiro atoms. The van der Waals surface area contributed by atoms with Gasteiger partial charge in [-0.15, -0.1) is 0 Å². The van der Waals surface area contributed by atoms with Crippen molar-refractivity contribution in [1.82, 2.24) is 5.32 Å². The van der Waals surface area contributed by atoms with Gasteiger partial charge in [0.2, 0.25) is 0 Å². The molecule has 0 aromatic rings. The van der Waals surface area contributed by atoms with Crippen molar-refractivity contribution >= 4 is 0 Å². The highest BCUT2D eigenvalue weighted by Gasteiger charge is 2.36. The van der Waals surface area contributed by atoms with E-state index in [0.29, 0.717) is 5.92 Å². The minimum atomic E-state index is -0.396. The van der Waals surface area contributed by atoms with Crippen molar-refractivity contribution in [3.63, 3.8) is 0 Å². The highest BCUT2D eigenvalue weighted by Crippen LogP contribution is 2.25. The first kappa shape index (κ1) is 10.5. The van der Waals surface area contributed by atoms with Crippen LogP contribution in [0.2, 0.25) is 0 Å². The Morgan fingerprint density at radius 3 is 2.92 bits per heavy atom. The SMILES string of the molecule is CCCNC(C)(C#N)C1CCOC1. The Morgan fingerprint density at radius 1 is 1.69 bits per heavy atom. The number of nitriles is 1. The topological polar surface area (TPSA) is 45.0 Å². The average molecular weight is 182 g/mol. The minimum absolute atomic E-state index is 0.351. The number of ether oxygens (including phenoxy) is 1. The second-order valence-corrected chi connectivity index (χ2v) is 3.80. The summed E-state index contributed by atoms with van der Waals surface area (Å²) in [7, 11) is 0. The molecule has 2 atom stereocenters. The summed E-state index contributed by atoms with van der Waals surface area (Å²) in [5.41, 5.74) is -0.396. The Labute approximate surface area is 80.1 Å². The van der Waals surface area contributed by atoms with Crippen LogP contribution >= 0.6 is 0 Å². The lowest BCUT2D eigenvalue weighted by Gasteiger charge is -2.28. The number of nitrogens with one attached hydrogen (secondary N) is 1. The lowest BCUT2D eigenvalue weighted by atomic mass is 9.86. The molecule has 13 heavy (non-hydrogen) atoms. The normalized spacial score (nSPS) is 26.7. The monoisotopic (exact) mass is 182 g/mol. The molecule has 3 nitrogen and oxygen atoms in total. The van der Waals surface area contributed by atoms with Gasteiger partial charge in [-0.05, 0) is 26.3 Å². The zero-order valence-corrected chi connectivity index (χ0v) is 8.47. The Balaban J connectivity index is 2.52. The van der Waals surface area contributed by atoms with Gasteiger partial charge in [0.05, 0.1) is 12.7 Å². The van der Waals surface area contributed by atoms with E-state index in [4.69, 9.17) is 10.00 Å². The third kappa shape index (κ3) is 2.43. The first-order valence-electron chi connectivity index (χ1n) is 4.97. The lowest BCUT2D eigenvalue weighted by molar-refractivity contribution is 0.168.